The zero-order valence-corrected chi connectivity index (χ0v) is 5.37. The van der Waals surface area contributed by atoms with Crippen molar-refractivity contribution < 1.29 is 9.37 Å². The van der Waals surface area contributed by atoms with E-state index in [9.17, 15) is 0 Å². The SMILES string of the molecule is CCOc1nonc1C#N. The average molecular weight is 139 g/mol. The minimum absolute atomic E-state index is 0.0850. The summed E-state index contributed by atoms with van der Waals surface area (Å²) in [4.78, 5) is 0. The first-order chi connectivity index (χ1) is 4.88. The summed E-state index contributed by atoms with van der Waals surface area (Å²) in [5, 5.41) is 15.0. The third kappa shape index (κ3) is 1.05. The van der Waals surface area contributed by atoms with Gasteiger partial charge in [0.1, 0.15) is 6.07 Å². The van der Waals surface area contributed by atoms with E-state index < -0.39 is 0 Å². The Kier molecular flexibility index (Phi) is 1.85. The Morgan fingerprint density at radius 2 is 2.50 bits per heavy atom. The van der Waals surface area contributed by atoms with Crippen molar-refractivity contribution in [2.75, 3.05) is 6.61 Å². The molecule has 5 heteroatoms. The van der Waals surface area contributed by atoms with Crippen molar-refractivity contribution in [2.24, 2.45) is 0 Å². The van der Waals surface area contributed by atoms with Gasteiger partial charge >= 0.3 is 0 Å². The Morgan fingerprint density at radius 3 is 3.10 bits per heavy atom. The minimum Gasteiger partial charge on any atom is -0.474 e. The molecule has 1 aromatic heterocycles. The number of aromatic nitrogens is 2. The molecule has 0 aliphatic heterocycles. The van der Waals surface area contributed by atoms with Crippen molar-refractivity contribution in [3.8, 4) is 11.9 Å². The Bertz CT molecular complexity index is 250. The lowest BCUT2D eigenvalue weighted by Crippen LogP contribution is -1.93. The normalized spacial score (nSPS) is 8.80. The van der Waals surface area contributed by atoms with Crippen LogP contribution in [-0.4, -0.2) is 16.9 Å². The Hall–Kier alpha value is -1.57. The van der Waals surface area contributed by atoms with Crippen molar-refractivity contribution >= 4 is 0 Å². The van der Waals surface area contributed by atoms with Gasteiger partial charge in [-0.15, -0.1) is 0 Å². The van der Waals surface area contributed by atoms with Crippen LogP contribution in [0, 0.1) is 11.3 Å². The lowest BCUT2D eigenvalue weighted by Gasteiger charge is -1.91. The predicted octanol–water partition coefficient (Wildman–Crippen LogP) is 0.340. The summed E-state index contributed by atoms with van der Waals surface area (Å²) in [6, 6.07) is 1.77. The van der Waals surface area contributed by atoms with Crippen LogP contribution >= 0.6 is 0 Å². The summed E-state index contributed by atoms with van der Waals surface area (Å²) >= 11 is 0. The first-order valence-corrected chi connectivity index (χ1v) is 2.74. The number of rotatable bonds is 2. The number of nitrogens with zero attached hydrogens (tertiary/aromatic N) is 3. The van der Waals surface area contributed by atoms with Crippen molar-refractivity contribution in [1.29, 1.82) is 5.26 Å². The summed E-state index contributed by atoms with van der Waals surface area (Å²) in [7, 11) is 0. The van der Waals surface area contributed by atoms with E-state index in [1.165, 1.54) is 0 Å². The van der Waals surface area contributed by atoms with E-state index in [1.807, 2.05) is 0 Å². The maximum Gasteiger partial charge on any atom is 0.294 e. The van der Waals surface area contributed by atoms with Crippen LogP contribution in [0.2, 0.25) is 0 Å². The Balaban J connectivity index is 2.82. The summed E-state index contributed by atoms with van der Waals surface area (Å²) in [6.45, 7) is 2.23. The topological polar surface area (TPSA) is 71.9 Å². The fourth-order valence-electron chi connectivity index (χ4n) is 0.480. The molecular formula is C5H5N3O2. The number of ether oxygens (including phenoxy) is 1. The second-order valence-electron chi connectivity index (χ2n) is 1.46. The first kappa shape index (κ1) is 6.55. The highest BCUT2D eigenvalue weighted by Crippen LogP contribution is 2.09. The van der Waals surface area contributed by atoms with Gasteiger partial charge in [0, 0.05) is 0 Å². The van der Waals surface area contributed by atoms with Crippen LogP contribution in [0.4, 0.5) is 0 Å². The van der Waals surface area contributed by atoms with Crippen molar-refractivity contribution in [3.05, 3.63) is 5.69 Å². The molecule has 5 nitrogen and oxygen atoms in total. The summed E-state index contributed by atoms with van der Waals surface area (Å²) < 4.78 is 9.12. The highest BCUT2D eigenvalue weighted by Gasteiger charge is 2.08. The first-order valence-electron chi connectivity index (χ1n) is 2.74. The molecule has 1 heterocycles. The number of nitriles is 1. The van der Waals surface area contributed by atoms with E-state index in [1.54, 1.807) is 13.0 Å². The number of hydrogen-bond donors (Lipinski definition) is 0. The molecule has 1 aromatic rings. The van der Waals surface area contributed by atoms with Gasteiger partial charge in [-0.05, 0) is 17.2 Å². The molecule has 0 radical (unpaired) electrons. The van der Waals surface area contributed by atoms with E-state index in [0.29, 0.717) is 6.61 Å². The van der Waals surface area contributed by atoms with Crippen LogP contribution in [0.3, 0.4) is 0 Å². The zero-order valence-electron chi connectivity index (χ0n) is 5.37. The number of hydrogen-bond acceptors (Lipinski definition) is 5. The minimum atomic E-state index is 0.0850. The molecular weight excluding hydrogens is 134 g/mol. The molecule has 0 aliphatic carbocycles. The van der Waals surface area contributed by atoms with Crippen LogP contribution in [-0.2, 0) is 0 Å². The van der Waals surface area contributed by atoms with E-state index >= 15 is 0 Å². The second kappa shape index (κ2) is 2.82. The van der Waals surface area contributed by atoms with E-state index in [2.05, 4.69) is 14.9 Å². The van der Waals surface area contributed by atoms with Crippen LogP contribution < -0.4 is 4.74 Å². The lowest BCUT2D eigenvalue weighted by molar-refractivity contribution is 0.264. The van der Waals surface area contributed by atoms with Crippen molar-refractivity contribution in [1.82, 2.24) is 10.3 Å². The molecule has 0 saturated heterocycles. The molecule has 0 bridgehead atoms. The molecule has 0 unspecified atom stereocenters. The van der Waals surface area contributed by atoms with Gasteiger partial charge in [-0.2, -0.15) is 5.26 Å². The monoisotopic (exact) mass is 139 g/mol. The summed E-state index contributed by atoms with van der Waals surface area (Å²) in [5.41, 5.74) is 0.0850. The molecule has 0 fully saturated rings. The van der Waals surface area contributed by atoms with E-state index in [-0.39, 0.29) is 11.6 Å². The molecule has 1 rings (SSSR count). The second-order valence-corrected chi connectivity index (χ2v) is 1.46. The molecule has 52 valence electrons. The third-order valence-electron chi connectivity index (χ3n) is 0.845. The molecule has 0 N–H and O–H groups in total. The van der Waals surface area contributed by atoms with Crippen LogP contribution in [0.15, 0.2) is 4.63 Å². The van der Waals surface area contributed by atoms with Crippen LogP contribution in [0.1, 0.15) is 12.6 Å². The molecule has 0 aromatic carbocycles. The van der Waals surface area contributed by atoms with Gasteiger partial charge in [0.25, 0.3) is 5.88 Å². The quantitative estimate of drug-likeness (QED) is 0.590. The molecule has 0 saturated carbocycles. The van der Waals surface area contributed by atoms with Crippen LogP contribution in [0.25, 0.3) is 0 Å². The van der Waals surface area contributed by atoms with Gasteiger partial charge in [-0.1, -0.05) is 0 Å². The molecule has 0 amide bonds. The Labute approximate surface area is 57.2 Å². The Morgan fingerprint density at radius 1 is 1.70 bits per heavy atom. The fourth-order valence-corrected chi connectivity index (χ4v) is 0.480. The molecule has 0 atom stereocenters. The molecule has 0 aliphatic rings. The molecule has 0 spiro atoms. The maximum atomic E-state index is 8.34. The highest BCUT2D eigenvalue weighted by molar-refractivity contribution is 5.27. The standard InChI is InChI=1S/C5H5N3O2/c1-2-9-5-4(3-6)7-10-8-5/h2H2,1H3. The summed E-state index contributed by atoms with van der Waals surface area (Å²) in [5.74, 6) is 0.157. The van der Waals surface area contributed by atoms with Crippen molar-refractivity contribution in [2.45, 2.75) is 6.92 Å². The largest absolute Gasteiger partial charge is 0.474 e. The van der Waals surface area contributed by atoms with Gasteiger partial charge in [-0.3, -0.25) is 0 Å². The van der Waals surface area contributed by atoms with E-state index in [4.69, 9.17) is 10.00 Å². The van der Waals surface area contributed by atoms with Gasteiger partial charge in [0.15, 0.2) is 0 Å². The maximum absolute atomic E-state index is 8.34. The van der Waals surface area contributed by atoms with Gasteiger partial charge in [0.05, 0.1) is 6.61 Å². The van der Waals surface area contributed by atoms with Crippen LogP contribution in [0.5, 0.6) is 5.88 Å². The van der Waals surface area contributed by atoms with Crippen molar-refractivity contribution in [3.63, 3.8) is 0 Å². The fraction of sp³-hybridized carbons (Fsp3) is 0.400. The predicted molar refractivity (Wildman–Crippen MR) is 30.2 cm³/mol. The lowest BCUT2D eigenvalue weighted by atomic mass is 10.5. The zero-order chi connectivity index (χ0) is 7.40. The van der Waals surface area contributed by atoms with E-state index in [0.717, 1.165) is 0 Å². The highest BCUT2D eigenvalue weighted by atomic mass is 16.6. The molecule has 10 heavy (non-hydrogen) atoms. The average Bonchev–Trinajstić information content (AvgIpc) is 2.36. The third-order valence-corrected chi connectivity index (χ3v) is 0.845. The van der Waals surface area contributed by atoms with Gasteiger partial charge in [0.2, 0.25) is 5.69 Å². The van der Waals surface area contributed by atoms with Gasteiger partial charge in [-0.25, -0.2) is 4.63 Å². The van der Waals surface area contributed by atoms with Gasteiger partial charge < -0.3 is 4.74 Å². The summed E-state index contributed by atoms with van der Waals surface area (Å²) in [6.07, 6.45) is 0. The smallest absolute Gasteiger partial charge is 0.294 e.